The molecule has 3 aliphatic rings. The quantitative estimate of drug-likeness (QED) is 0.864. The summed E-state index contributed by atoms with van der Waals surface area (Å²) in [5.41, 5.74) is 0.994. The summed E-state index contributed by atoms with van der Waals surface area (Å²) in [6.07, 6.45) is 0.576. The highest BCUT2D eigenvalue weighted by Crippen LogP contribution is 2.39. The standard InChI is InChI=1S/C14H17NO3/c16-13-11-6-12(13)8-15(7-11)14(17)18-9-10-4-2-1-3-5-10/h1-5,11-13,16H,6-9H2/t11-,12+,13?. The van der Waals surface area contributed by atoms with Gasteiger partial charge in [0, 0.05) is 24.9 Å². The van der Waals surface area contributed by atoms with E-state index in [4.69, 9.17) is 4.74 Å². The van der Waals surface area contributed by atoms with Crippen LogP contribution in [0.2, 0.25) is 0 Å². The normalized spacial score (nSPS) is 29.6. The van der Waals surface area contributed by atoms with Crippen LogP contribution in [0.4, 0.5) is 4.79 Å². The number of ether oxygens (including phenoxy) is 1. The Morgan fingerprint density at radius 2 is 1.94 bits per heavy atom. The Balaban J connectivity index is 1.51. The molecule has 96 valence electrons. The van der Waals surface area contributed by atoms with Crippen molar-refractivity contribution < 1.29 is 14.6 Å². The van der Waals surface area contributed by atoms with Crippen molar-refractivity contribution in [3.63, 3.8) is 0 Å². The number of rotatable bonds is 2. The molecule has 2 aliphatic heterocycles. The summed E-state index contributed by atoms with van der Waals surface area (Å²) in [6, 6.07) is 9.66. The minimum atomic E-state index is -0.263. The van der Waals surface area contributed by atoms with E-state index in [2.05, 4.69) is 0 Å². The lowest BCUT2D eigenvalue weighted by molar-refractivity contribution is -0.102. The first-order valence-electron chi connectivity index (χ1n) is 6.38. The van der Waals surface area contributed by atoms with E-state index in [-0.39, 0.29) is 24.0 Å². The molecule has 2 heterocycles. The Morgan fingerprint density at radius 3 is 2.56 bits per heavy atom. The van der Waals surface area contributed by atoms with Gasteiger partial charge in [0.25, 0.3) is 0 Å². The first-order chi connectivity index (χ1) is 8.74. The lowest BCUT2D eigenvalue weighted by Crippen LogP contribution is -2.59. The second kappa shape index (κ2) is 4.61. The highest BCUT2D eigenvalue weighted by molar-refractivity contribution is 5.68. The molecule has 1 aromatic carbocycles. The van der Waals surface area contributed by atoms with Crippen LogP contribution in [0.1, 0.15) is 12.0 Å². The summed E-state index contributed by atoms with van der Waals surface area (Å²) >= 11 is 0. The van der Waals surface area contributed by atoms with Crippen LogP contribution in [-0.2, 0) is 11.3 Å². The van der Waals surface area contributed by atoms with Gasteiger partial charge in [0.15, 0.2) is 0 Å². The second-order valence-corrected chi connectivity index (χ2v) is 5.19. The van der Waals surface area contributed by atoms with E-state index in [1.54, 1.807) is 4.90 Å². The number of carbonyl (C=O) groups is 1. The van der Waals surface area contributed by atoms with E-state index in [9.17, 15) is 9.90 Å². The van der Waals surface area contributed by atoms with Gasteiger partial charge in [-0.1, -0.05) is 30.3 Å². The molecule has 4 rings (SSSR count). The summed E-state index contributed by atoms with van der Waals surface area (Å²) in [5.74, 6) is 0.515. The number of nitrogens with zero attached hydrogens (tertiary/aromatic N) is 1. The van der Waals surface area contributed by atoms with Gasteiger partial charge in [-0.2, -0.15) is 0 Å². The lowest BCUT2D eigenvalue weighted by Gasteiger charge is -2.50. The number of benzene rings is 1. The molecular weight excluding hydrogens is 230 g/mol. The van der Waals surface area contributed by atoms with Gasteiger partial charge < -0.3 is 14.7 Å². The zero-order chi connectivity index (χ0) is 12.5. The topological polar surface area (TPSA) is 49.8 Å². The summed E-state index contributed by atoms with van der Waals surface area (Å²) in [7, 11) is 0. The van der Waals surface area contributed by atoms with Crippen molar-refractivity contribution in [2.75, 3.05) is 13.1 Å². The number of hydrogen-bond acceptors (Lipinski definition) is 3. The first-order valence-corrected chi connectivity index (χ1v) is 6.38. The number of hydrogen-bond donors (Lipinski definition) is 1. The molecule has 18 heavy (non-hydrogen) atoms. The maximum absolute atomic E-state index is 11.9. The fourth-order valence-electron chi connectivity index (χ4n) is 2.82. The van der Waals surface area contributed by atoms with Gasteiger partial charge in [0.1, 0.15) is 6.61 Å². The third-order valence-electron chi connectivity index (χ3n) is 3.94. The number of piperidine rings is 2. The van der Waals surface area contributed by atoms with E-state index in [0.29, 0.717) is 19.7 Å². The average molecular weight is 247 g/mol. The molecule has 1 aromatic rings. The summed E-state index contributed by atoms with van der Waals surface area (Å²) in [6.45, 7) is 1.57. The monoisotopic (exact) mass is 247 g/mol. The number of amides is 1. The van der Waals surface area contributed by atoms with Crippen LogP contribution in [0, 0.1) is 11.8 Å². The van der Waals surface area contributed by atoms with Gasteiger partial charge in [-0.05, 0) is 12.0 Å². The number of aliphatic hydroxyl groups excluding tert-OH is 1. The van der Waals surface area contributed by atoms with Gasteiger partial charge in [0.05, 0.1) is 6.10 Å². The van der Waals surface area contributed by atoms with Gasteiger partial charge in [-0.25, -0.2) is 4.79 Å². The minimum Gasteiger partial charge on any atom is -0.445 e. The predicted molar refractivity (Wildman–Crippen MR) is 65.8 cm³/mol. The Bertz CT molecular complexity index is 422. The molecule has 2 bridgehead atoms. The molecule has 1 saturated carbocycles. The maximum Gasteiger partial charge on any atom is 0.410 e. The van der Waals surface area contributed by atoms with Gasteiger partial charge >= 0.3 is 6.09 Å². The third kappa shape index (κ3) is 2.08. The number of aliphatic hydroxyl groups is 1. The highest BCUT2D eigenvalue weighted by Gasteiger charge is 2.47. The smallest absolute Gasteiger partial charge is 0.410 e. The Hall–Kier alpha value is -1.55. The van der Waals surface area contributed by atoms with Crippen molar-refractivity contribution in [3.8, 4) is 0 Å². The summed E-state index contributed by atoms with van der Waals surface area (Å²) in [5, 5.41) is 9.66. The SMILES string of the molecule is O=C(OCc1ccccc1)N1C[C@H]2C[C@@H](C1)C2O. The van der Waals surface area contributed by atoms with Crippen molar-refractivity contribution in [3.05, 3.63) is 35.9 Å². The van der Waals surface area contributed by atoms with Gasteiger partial charge in [-0.3, -0.25) is 0 Å². The molecule has 0 aromatic heterocycles. The zero-order valence-corrected chi connectivity index (χ0v) is 10.2. The van der Waals surface area contributed by atoms with Gasteiger partial charge in [0.2, 0.25) is 0 Å². The minimum absolute atomic E-state index is 0.205. The van der Waals surface area contributed by atoms with E-state index >= 15 is 0 Å². The van der Waals surface area contributed by atoms with Crippen molar-refractivity contribution in [1.29, 1.82) is 0 Å². The molecule has 2 saturated heterocycles. The molecule has 3 fully saturated rings. The third-order valence-corrected chi connectivity index (χ3v) is 3.94. The van der Waals surface area contributed by atoms with Crippen LogP contribution >= 0.6 is 0 Å². The van der Waals surface area contributed by atoms with Crippen molar-refractivity contribution in [2.24, 2.45) is 11.8 Å². The molecule has 0 spiro atoms. The molecule has 0 radical (unpaired) electrons. The van der Waals surface area contributed by atoms with Crippen molar-refractivity contribution in [2.45, 2.75) is 19.1 Å². The number of carbonyl (C=O) groups excluding carboxylic acids is 1. The highest BCUT2D eigenvalue weighted by atomic mass is 16.6. The zero-order valence-electron chi connectivity index (χ0n) is 10.2. The summed E-state index contributed by atoms with van der Waals surface area (Å²) in [4.78, 5) is 13.6. The molecule has 4 nitrogen and oxygen atoms in total. The Kier molecular flexibility index (Phi) is 2.96. The fourth-order valence-corrected chi connectivity index (χ4v) is 2.82. The predicted octanol–water partition coefficient (Wildman–Crippen LogP) is 1.64. The Morgan fingerprint density at radius 1 is 1.28 bits per heavy atom. The maximum atomic E-state index is 11.9. The Labute approximate surface area is 106 Å². The lowest BCUT2D eigenvalue weighted by atomic mass is 9.68. The van der Waals surface area contributed by atoms with E-state index in [1.165, 1.54) is 0 Å². The molecule has 4 heteroatoms. The van der Waals surface area contributed by atoms with Crippen LogP contribution in [0.25, 0.3) is 0 Å². The molecule has 1 aliphatic carbocycles. The van der Waals surface area contributed by atoms with Crippen LogP contribution < -0.4 is 0 Å². The van der Waals surface area contributed by atoms with Gasteiger partial charge in [-0.15, -0.1) is 0 Å². The molecular formula is C14H17NO3. The van der Waals surface area contributed by atoms with Crippen LogP contribution in [-0.4, -0.2) is 35.3 Å². The molecule has 3 atom stereocenters. The van der Waals surface area contributed by atoms with Crippen LogP contribution in [0.15, 0.2) is 30.3 Å². The fraction of sp³-hybridized carbons (Fsp3) is 0.500. The van der Waals surface area contributed by atoms with E-state index in [0.717, 1.165) is 12.0 Å². The molecule has 1 amide bonds. The largest absolute Gasteiger partial charge is 0.445 e. The number of fused-ring (bicyclic) bond motifs is 2. The van der Waals surface area contributed by atoms with Crippen molar-refractivity contribution in [1.82, 2.24) is 4.90 Å². The van der Waals surface area contributed by atoms with Crippen LogP contribution in [0.5, 0.6) is 0 Å². The first kappa shape index (κ1) is 11.5. The second-order valence-electron chi connectivity index (χ2n) is 5.19. The van der Waals surface area contributed by atoms with Crippen molar-refractivity contribution >= 4 is 6.09 Å². The summed E-state index contributed by atoms with van der Waals surface area (Å²) < 4.78 is 5.28. The van der Waals surface area contributed by atoms with E-state index in [1.807, 2.05) is 30.3 Å². The molecule has 1 N–H and O–H groups in total. The van der Waals surface area contributed by atoms with Crippen LogP contribution in [0.3, 0.4) is 0 Å². The van der Waals surface area contributed by atoms with E-state index < -0.39 is 0 Å². The average Bonchev–Trinajstić information content (AvgIpc) is 2.45. The molecule has 1 unspecified atom stereocenters.